The van der Waals surface area contributed by atoms with Gasteiger partial charge in [-0.25, -0.2) is 9.97 Å². The number of benzene rings is 3. The van der Waals surface area contributed by atoms with E-state index in [1.165, 1.54) is 52.3 Å². The highest BCUT2D eigenvalue weighted by Gasteiger charge is 2.21. The second-order valence-corrected chi connectivity index (χ2v) is 11.1. The van der Waals surface area contributed by atoms with E-state index in [1.807, 2.05) is 22.7 Å². The van der Waals surface area contributed by atoms with Crippen molar-refractivity contribution in [2.75, 3.05) is 0 Å². The predicted molar refractivity (Wildman–Crippen MR) is 137 cm³/mol. The third kappa shape index (κ3) is 2.82. The molecule has 0 aliphatic carbocycles. The molecule has 3 heterocycles. The van der Waals surface area contributed by atoms with Gasteiger partial charge in [0, 0.05) is 10.9 Å². The van der Waals surface area contributed by atoms with Crippen LogP contribution in [0.4, 0.5) is 0 Å². The lowest BCUT2D eigenvalue weighted by atomic mass is 9.82. The van der Waals surface area contributed by atoms with Gasteiger partial charge in [-0.2, -0.15) is 0 Å². The number of aryl methyl sites for hydroxylation is 1. The van der Waals surface area contributed by atoms with Crippen molar-refractivity contribution >= 4 is 63.8 Å². The lowest BCUT2D eigenvalue weighted by Crippen LogP contribution is -2.12. The lowest BCUT2D eigenvalue weighted by molar-refractivity contribution is 0.596. The molecule has 0 bridgehead atoms. The van der Waals surface area contributed by atoms with Crippen molar-refractivity contribution in [3.8, 4) is 11.3 Å². The first-order valence-electron chi connectivity index (χ1n) is 10.5. The Labute approximate surface area is 189 Å². The normalized spacial score (nSPS) is 12.5. The van der Waals surface area contributed by atoms with Crippen molar-refractivity contribution in [2.45, 2.75) is 33.1 Å². The van der Waals surface area contributed by atoms with Crippen molar-refractivity contribution in [1.29, 1.82) is 0 Å². The van der Waals surface area contributed by atoms with Gasteiger partial charge in [0.05, 0.1) is 25.3 Å². The van der Waals surface area contributed by atoms with Crippen LogP contribution in [0.5, 0.6) is 0 Å². The molecule has 0 N–H and O–H groups in total. The maximum Gasteiger partial charge on any atom is 0.116 e. The van der Waals surface area contributed by atoms with Crippen LogP contribution < -0.4 is 0 Å². The molecule has 3 aromatic carbocycles. The smallest absolute Gasteiger partial charge is 0.116 e. The minimum absolute atomic E-state index is 0.0442. The summed E-state index contributed by atoms with van der Waals surface area (Å²) in [6.45, 7) is 9.03. The van der Waals surface area contributed by atoms with Crippen LogP contribution in [0.2, 0.25) is 0 Å². The minimum atomic E-state index is 0.0442. The average molecular weight is 439 g/mol. The fraction of sp³-hybridized carbons (Fsp3) is 0.185. The molecule has 0 saturated heterocycles. The SMILES string of the molecule is Cc1csc2c1ccc1c3ncnc(-c4cc(C(C)(C)C)c5ccccc5c4)c3sc12. The Morgan fingerprint density at radius 3 is 2.45 bits per heavy atom. The third-order valence-corrected chi connectivity index (χ3v) is 8.58. The maximum atomic E-state index is 4.79. The van der Waals surface area contributed by atoms with Crippen LogP contribution in [0, 0.1) is 6.92 Å². The zero-order valence-electron chi connectivity index (χ0n) is 18.0. The maximum absolute atomic E-state index is 4.79. The Morgan fingerprint density at radius 2 is 1.61 bits per heavy atom. The summed E-state index contributed by atoms with van der Waals surface area (Å²) in [6.07, 6.45) is 1.72. The molecule has 0 fully saturated rings. The Bertz CT molecular complexity index is 1630. The highest BCUT2D eigenvalue weighted by atomic mass is 32.1. The van der Waals surface area contributed by atoms with Gasteiger partial charge in [0.2, 0.25) is 0 Å². The molecular formula is C27H22N2S2. The van der Waals surface area contributed by atoms with E-state index in [1.54, 1.807) is 6.33 Å². The zero-order chi connectivity index (χ0) is 21.3. The summed E-state index contributed by atoms with van der Waals surface area (Å²) in [7, 11) is 0. The van der Waals surface area contributed by atoms with E-state index in [4.69, 9.17) is 9.97 Å². The van der Waals surface area contributed by atoms with Gasteiger partial charge in [0.1, 0.15) is 6.33 Å². The number of nitrogens with zero attached hydrogens (tertiary/aromatic N) is 2. The molecule has 0 spiro atoms. The minimum Gasteiger partial charge on any atom is -0.235 e. The number of aromatic nitrogens is 2. The Balaban J connectivity index is 1.70. The van der Waals surface area contributed by atoms with Crippen LogP contribution in [0.15, 0.2) is 60.2 Å². The number of thiophene rings is 2. The van der Waals surface area contributed by atoms with Gasteiger partial charge in [-0.05, 0) is 57.1 Å². The molecule has 0 unspecified atom stereocenters. The van der Waals surface area contributed by atoms with Crippen molar-refractivity contribution in [1.82, 2.24) is 9.97 Å². The molecule has 0 atom stereocenters. The van der Waals surface area contributed by atoms with E-state index >= 15 is 0 Å². The van der Waals surface area contributed by atoms with Gasteiger partial charge >= 0.3 is 0 Å². The first kappa shape index (κ1) is 18.9. The zero-order valence-corrected chi connectivity index (χ0v) is 19.6. The first-order valence-corrected chi connectivity index (χ1v) is 12.2. The second kappa shape index (κ2) is 6.59. The molecule has 4 heteroatoms. The van der Waals surface area contributed by atoms with Gasteiger partial charge in [-0.15, -0.1) is 22.7 Å². The van der Waals surface area contributed by atoms with Gasteiger partial charge < -0.3 is 0 Å². The summed E-state index contributed by atoms with van der Waals surface area (Å²) in [5, 5.41) is 7.40. The van der Waals surface area contributed by atoms with Crippen LogP contribution in [-0.2, 0) is 5.41 Å². The summed E-state index contributed by atoms with van der Waals surface area (Å²) in [4.78, 5) is 9.50. The summed E-state index contributed by atoms with van der Waals surface area (Å²) >= 11 is 3.66. The van der Waals surface area contributed by atoms with Gasteiger partial charge in [-0.3, -0.25) is 0 Å². The molecule has 0 saturated carbocycles. The van der Waals surface area contributed by atoms with Crippen molar-refractivity contribution in [3.63, 3.8) is 0 Å². The van der Waals surface area contributed by atoms with Crippen LogP contribution in [-0.4, -0.2) is 9.97 Å². The third-order valence-electron chi connectivity index (χ3n) is 6.10. The molecular weight excluding hydrogens is 416 g/mol. The molecule has 0 radical (unpaired) electrons. The lowest BCUT2D eigenvalue weighted by Gasteiger charge is -2.22. The van der Waals surface area contributed by atoms with Crippen LogP contribution in [0.25, 0.3) is 52.4 Å². The van der Waals surface area contributed by atoms with E-state index in [9.17, 15) is 0 Å². The number of hydrogen-bond acceptors (Lipinski definition) is 4. The summed E-state index contributed by atoms with van der Waals surface area (Å²) < 4.78 is 3.85. The number of fused-ring (bicyclic) bond motifs is 6. The monoisotopic (exact) mass is 438 g/mol. The highest BCUT2D eigenvalue weighted by Crippen LogP contribution is 2.44. The Hall–Kier alpha value is -2.82. The first-order chi connectivity index (χ1) is 14.9. The van der Waals surface area contributed by atoms with E-state index in [0.717, 1.165) is 11.2 Å². The second-order valence-electron chi connectivity index (χ2n) is 9.23. The topological polar surface area (TPSA) is 25.8 Å². The molecule has 31 heavy (non-hydrogen) atoms. The molecule has 6 rings (SSSR count). The van der Waals surface area contributed by atoms with Gasteiger partial charge in [-0.1, -0.05) is 57.2 Å². The fourth-order valence-electron chi connectivity index (χ4n) is 4.53. The molecule has 6 aromatic rings. The van der Waals surface area contributed by atoms with Crippen molar-refractivity contribution in [2.24, 2.45) is 0 Å². The molecule has 0 amide bonds. The Morgan fingerprint density at radius 1 is 0.806 bits per heavy atom. The predicted octanol–water partition coefficient (Wildman–Crippen LogP) is 8.49. The molecule has 152 valence electrons. The van der Waals surface area contributed by atoms with Gasteiger partial charge in [0.15, 0.2) is 0 Å². The standard InChI is InChI=1S/C27H22N2S2/c1-15-13-30-24-18(15)9-10-20-23-26(31-25(20)24)22(28-14-29-23)17-11-16-7-5-6-8-19(16)21(12-17)27(2,3)4/h5-14H,1-4H3. The van der Waals surface area contributed by atoms with E-state index in [0.29, 0.717) is 0 Å². The van der Waals surface area contributed by atoms with Crippen LogP contribution in [0.1, 0.15) is 31.9 Å². The van der Waals surface area contributed by atoms with Crippen LogP contribution >= 0.6 is 22.7 Å². The van der Waals surface area contributed by atoms with E-state index in [-0.39, 0.29) is 5.41 Å². The average Bonchev–Trinajstić information content (AvgIpc) is 3.32. The quantitative estimate of drug-likeness (QED) is 0.257. The van der Waals surface area contributed by atoms with Crippen LogP contribution in [0.3, 0.4) is 0 Å². The summed E-state index contributed by atoms with van der Waals surface area (Å²) in [5.74, 6) is 0. The molecule has 0 aliphatic rings. The van der Waals surface area contributed by atoms with Crippen molar-refractivity contribution in [3.05, 3.63) is 71.4 Å². The summed E-state index contributed by atoms with van der Waals surface area (Å²) in [5.41, 5.74) is 6.00. The highest BCUT2D eigenvalue weighted by molar-refractivity contribution is 7.31. The molecule has 3 aromatic heterocycles. The van der Waals surface area contributed by atoms with E-state index < -0.39 is 0 Å². The number of hydrogen-bond donors (Lipinski definition) is 0. The summed E-state index contributed by atoms with van der Waals surface area (Å²) in [6, 6.07) is 17.8. The fourth-order valence-corrected chi connectivity index (χ4v) is 7.00. The molecule has 0 aliphatic heterocycles. The number of rotatable bonds is 1. The van der Waals surface area contributed by atoms with Gasteiger partial charge in [0.25, 0.3) is 0 Å². The Kier molecular flexibility index (Phi) is 4.02. The van der Waals surface area contributed by atoms with E-state index in [2.05, 4.69) is 81.6 Å². The largest absolute Gasteiger partial charge is 0.235 e. The van der Waals surface area contributed by atoms with Crippen molar-refractivity contribution < 1.29 is 0 Å². The molecule has 2 nitrogen and oxygen atoms in total.